The molecule has 6 nitrogen and oxygen atoms in total. The molecule has 1 aromatic heterocycles. The highest BCUT2D eigenvalue weighted by molar-refractivity contribution is 6.28. The van der Waals surface area contributed by atoms with Gasteiger partial charge in [-0.15, -0.1) is 0 Å². The predicted octanol–water partition coefficient (Wildman–Crippen LogP) is 1.28. The molecule has 0 fully saturated rings. The maximum atomic E-state index is 11.0. The lowest BCUT2D eigenvalue weighted by Gasteiger charge is -2.06. The molecule has 0 saturated heterocycles. The molecule has 3 N–H and O–H groups in total. The molecule has 1 rings (SSSR count). The molecule has 14 heavy (non-hydrogen) atoms. The maximum Gasteiger partial charge on any atom is 0.411 e. The molecule has 0 aliphatic carbocycles. The number of anilines is 2. The Labute approximate surface area is 85.4 Å². The summed E-state index contributed by atoms with van der Waals surface area (Å²) in [6.45, 7) is 1.97. The number of rotatable bonds is 2. The first-order chi connectivity index (χ1) is 6.63. The summed E-state index contributed by atoms with van der Waals surface area (Å²) in [5.41, 5.74) is 5.73. The Kier molecular flexibility index (Phi) is 3.47. The van der Waals surface area contributed by atoms with Gasteiger partial charge in [0.25, 0.3) is 0 Å². The third-order valence-electron chi connectivity index (χ3n) is 1.30. The van der Waals surface area contributed by atoms with Gasteiger partial charge in [0.05, 0.1) is 12.8 Å². The number of nitrogens with zero attached hydrogens (tertiary/aromatic N) is 2. The van der Waals surface area contributed by atoms with Gasteiger partial charge in [0.15, 0.2) is 5.82 Å². The summed E-state index contributed by atoms with van der Waals surface area (Å²) in [7, 11) is 0. The molecule has 0 atom stereocenters. The number of halogens is 1. The van der Waals surface area contributed by atoms with Crippen molar-refractivity contribution in [1.29, 1.82) is 0 Å². The predicted molar refractivity (Wildman–Crippen MR) is 52.1 cm³/mol. The van der Waals surface area contributed by atoms with E-state index < -0.39 is 6.09 Å². The number of amides is 1. The van der Waals surface area contributed by atoms with Crippen molar-refractivity contribution in [2.24, 2.45) is 0 Å². The van der Waals surface area contributed by atoms with E-state index in [1.165, 1.54) is 6.20 Å². The van der Waals surface area contributed by atoms with Crippen molar-refractivity contribution in [3.8, 4) is 0 Å². The second-order valence-corrected chi connectivity index (χ2v) is 2.62. The minimum atomic E-state index is -0.606. The fourth-order valence-electron chi connectivity index (χ4n) is 0.746. The Bertz CT molecular complexity index is 344. The average Bonchev–Trinajstić information content (AvgIpc) is 2.10. The normalized spacial score (nSPS) is 9.57. The van der Waals surface area contributed by atoms with Crippen LogP contribution in [0.3, 0.4) is 0 Å². The number of nitrogens with one attached hydrogen (secondary N) is 1. The van der Waals surface area contributed by atoms with E-state index in [4.69, 9.17) is 17.3 Å². The van der Waals surface area contributed by atoms with Gasteiger partial charge < -0.3 is 10.5 Å². The lowest BCUT2D eigenvalue weighted by Crippen LogP contribution is -2.15. The molecule has 76 valence electrons. The van der Waals surface area contributed by atoms with Crippen LogP contribution in [0.5, 0.6) is 0 Å². The fourth-order valence-corrected chi connectivity index (χ4v) is 0.886. The molecule has 0 saturated carbocycles. The van der Waals surface area contributed by atoms with Gasteiger partial charge in [-0.05, 0) is 18.5 Å². The maximum absolute atomic E-state index is 11.0. The Morgan fingerprint density at radius 2 is 2.50 bits per heavy atom. The summed E-state index contributed by atoms with van der Waals surface area (Å²) in [4.78, 5) is 18.3. The zero-order chi connectivity index (χ0) is 10.6. The summed E-state index contributed by atoms with van der Waals surface area (Å²) >= 11 is 5.47. The summed E-state index contributed by atoms with van der Waals surface area (Å²) in [6, 6.07) is 0. The van der Waals surface area contributed by atoms with E-state index in [2.05, 4.69) is 20.0 Å². The van der Waals surface area contributed by atoms with Gasteiger partial charge in [0.2, 0.25) is 5.28 Å². The highest BCUT2D eigenvalue weighted by Gasteiger charge is 2.07. The van der Waals surface area contributed by atoms with Crippen LogP contribution >= 0.6 is 11.6 Å². The molecule has 0 spiro atoms. The molecule has 0 radical (unpaired) electrons. The standard InChI is InChI=1S/C7H9ClN4O2/c1-2-14-7(13)11-4-3-10-6(8)12-5(4)9/h3H,2H2,1H3,(H,11,13)(H2,9,10,12). The van der Waals surface area contributed by atoms with Crippen LogP contribution in [0.2, 0.25) is 5.28 Å². The van der Waals surface area contributed by atoms with Crippen molar-refractivity contribution in [3.05, 3.63) is 11.5 Å². The van der Waals surface area contributed by atoms with Gasteiger partial charge in [-0.25, -0.2) is 9.78 Å². The highest BCUT2D eigenvalue weighted by Crippen LogP contribution is 2.15. The number of aromatic nitrogens is 2. The molecule has 0 aromatic carbocycles. The van der Waals surface area contributed by atoms with Gasteiger partial charge >= 0.3 is 6.09 Å². The third-order valence-corrected chi connectivity index (χ3v) is 1.48. The van der Waals surface area contributed by atoms with Crippen molar-refractivity contribution in [3.63, 3.8) is 0 Å². The van der Waals surface area contributed by atoms with Gasteiger partial charge in [-0.3, -0.25) is 5.32 Å². The summed E-state index contributed by atoms with van der Waals surface area (Å²) in [5.74, 6) is 0.0954. The largest absolute Gasteiger partial charge is 0.450 e. The van der Waals surface area contributed by atoms with E-state index in [1.807, 2.05) is 0 Å². The van der Waals surface area contributed by atoms with Crippen LogP contribution in [-0.4, -0.2) is 22.7 Å². The van der Waals surface area contributed by atoms with Crippen LogP contribution in [0.25, 0.3) is 0 Å². The van der Waals surface area contributed by atoms with Crippen molar-refractivity contribution >= 4 is 29.2 Å². The van der Waals surface area contributed by atoms with E-state index in [9.17, 15) is 4.79 Å². The van der Waals surface area contributed by atoms with Crippen LogP contribution in [0.1, 0.15) is 6.92 Å². The van der Waals surface area contributed by atoms with Crippen molar-refractivity contribution < 1.29 is 9.53 Å². The summed E-state index contributed by atoms with van der Waals surface area (Å²) in [6.07, 6.45) is 0.701. The molecular weight excluding hydrogens is 208 g/mol. The van der Waals surface area contributed by atoms with Gasteiger partial charge in [-0.1, -0.05) is 0 Å². The minimum absolute atomic E-state index is 0.0249. The monoisotopic (exact) mass is 216 g/mol. The Balaban J connectivity index is 2.72. The number of hydrogen-bond acceptors (Lipinski definition) is 5. The first-order valence-electron chi connectivity index (χ1n) is 3.85. The van der Waals surface area contributed by atoms with Crippen LogP contribution in [0.4, 0.5) is 16.3 Å². The smallest absolute Gasteiger partial charge is 0.411 e. The third kappa shape index (κ3) is 2.74. The van der Waals surface area contributed by atoms with Crippen LogP contribution in [0.15, 0.2) is 6.20 Å². The van der Waals surface area contributed by atoms with Gasteiger partial charge in [0.1, 0.15) is 5.69 Å². The lowest BCUT2D eigenvalue weighted by molar-refractivity contribution is 0.168. The number of carbonyl (C=O) groups excluding carboxylic acids is 1. The zero-order valence-corrected chi connectivity index (χ0v) is 8.21. The Morgan fingerprint density at radius 1 is 1.79 bits per heavy atom. The molecule has 0 aliphatic rings. The van der Waals surface area contributed by atoms with Crippen LogP contribution < -0.4 is 11.1 Å². The van der Waals surface area contributed by atoms with E-state index in [0.29, 0.717) is 0 Å². The van der Waals surface area contributed by atoms with E-state index in [0.717, 1.165) is 0 Å². The topological polar surface area (TPSA) is 90.1 Å². The van der Waals surface area contributed by atoms with Crippen molar-refractivity contribution in [2.45, 2.75) is 6.92 Å². The van der Waals surface area contributed by atoms with Crippen LogP contribution in [0, 0.1) is 0 Å². The number of hydrogen-bond donors (Lipinski definition) is 2. The van der Waals surface area contributed by atoms with Gasteiger partial charge in [0, 0.05) is 0 Å². The number of nitrogens with two attached hydrogens (primary N) is 1. The SMILES string of the molecule is CCOC(=O)Nc1cnc(Cl)nc1N. The molecule has 1 amide bonds. The molecular formula is C7H9ClN4O2. The second kappa shape index (κ2) is 4.61. The molecule has 7 heteroatoms. The minimum Gasteiger partial charge on any atom is -0.450 e. The number of carbonyl (C=O) groups is 1. The Morgan fingerprint density at radius 3 is 3.07 bits per heavy atom. The zero-order valence-electron chi connectivity index (χ0n) is 7.45. The fraction of sp³-hybridized carbons (Fsp3) is 0.286. The lowest BCUT2D eigenvalue weighted by atomic mass is 10.5. The molecule has 1 heterocycles. The first kappa shape index (κ1) is 10.5. The number of ether oxygens (including phenoxy) is 1. The second-order valence-electron chi connectivity index (χ2n) is 2.28. The molecule has 1 aromatic rings. The molecule has 0 aliphatic heterocycles. The molecule has 0 unspecified atom stereocenters. The van der Waals surface area contributed by atoms with Gasteiger partial charge in [-0.2, -0.15) is 4.98 Å². The van der Waals surface area contributed by atoms with E-state index in [-0.39, 0.29) is 23.4 Å². The number of nitrogen functional groups attached to an aromatic ring is 1. The quantitative estimate of drug-likeness (QED) is 0.727. The van der Waals surface area contributed by atoms with Crippen molar-refractivity contribution in [2.75, 3.05) is 17.7 Å². The Hall–Kier alpha value is -1.56. The molecule has 0 bridgehead atoms. The van der Waals surface area contributed by atoms with Crippen LogP contribution in [-0.2, 0) is 4.74 Å². The average molecular weight is 217 g/mol. The summed E-state index contributed by atoms with van der Waals surface area (Å²) < 4.78 is 4.64. The highest BCUT2D eigenvalue weighted by atomic mass is 35.5. The van der Waals surface area contributed by atoms with E-state index in [1.54, 1.807) is 6.92 Å². The van der Waals surface area contributed by atoms with E-state index >= 15 is 0 Å². The first-order valence-corrected chi connectivity index (χ1v) is 4.23. The summed E-state index contributed by atoms with van der Waals surface area (Å²) in [5, 5.41) is 2.39. The van der Waals surface area contributed by atoms with Crippen molar-refractivity contribution in [1.82, 2.24) is 9.97 Å².